The Kier molecular flexibility index (Phi) is 13.1. The van der Waals surface area contributed by atoms with Crippen molar-refractivity contribution >= 4 is 87.1 Å². The van der Waals surface area contributed by atoms with E-state index in [1.54, 1.807) is 70.7 Å². The highest BCUT2D eigenvalue weighted by molar-refractivity contribution is 9.46. The molecule has 66 valence electrons. The molecule has 0 aliphatic heterocycles. The fourth-order valence-corrected chi connectivity index (χ4v) is 13.7. The third-order valence-corrected chi connectivity index (χ3v) is 13.4. The number of thiocarbonyl (C=S) groups is 1. The van der Waals surface area contributed by atoms with Crippen molar-refractivity contribution in [3.63, 3.8) is 0 Å². The zero-order valence-electron chi connectivity index (χ0n) is 5.77. The Morgan fingerprint density at radius 1 is 1.00 bits per heavy atom. The van der Waals surface area contributed by atoms with Crippen molar-refractivity contribution in [3.05, 3.63) is 0 Å². The molecule has 0 saturated heterocycles. The van der Waals surface area contributed by atoms with Gasteiger partial charge in [-0.05, 0) is 73.1 Å². The van der Waals surface area contributed by atoms with Gasteiger partial charge < -0.3 is 0 Å². The maximum Gasteiger partial charge on any atom is 0.0564 e. The van der Waals surface area contributed by atoms with Crippen LogP contribution >= 0.6 is 82.9 Å². The van der Waals surface area contributed by atoms with E-state index >= 15 is 0 Å². The van der Waals surface area contributed by atoms with E-state index in [-0.39, 0.29) is 0 Å². The van der Waals surface area contributed by atoms with Crippen molar-refractivity contribution in [3.8, 4) is 0 Å². The van der Waals surface area contributed by atoms with Gasteiger partial charge in [0, 0.05) is 0 Å². The molecule has 0 amide bonds. The third kappa shape index (κ3) is 12.5. The standard InChI is InChI=1S/C3H6S8/c1-3(4)6-8-10-11-9-7-5-2/h1-2H3. The summed E-state index contributed by atoms with van der Waals surface area (Å²) in [6.45, 7) is 1.95. The highest BCUT2D eigenvalue weighted by Gasteiger charge is 1.94. The zero-order chi connectivity index (χ0) is 8.53. The first-order chi connectivity index (χ1) is 5.27. The highest BCUT2D eigenvalue weighted by atomic mass is 33.9. The van der Waals surface area contributed by atoms with Crippen molar-refractivity contribution in [1.82, 2.24) is 0 Å². The van der Waals surface area contributed by atoms with Gasteiger partial charge in [0.25, 0.3) is 0 Å². The van der Waals surface area contributed by atoms with Gasteiger partial charge in [-0.15, -0.1) is 0 Å². The first kappa shape index (κ1) is 13.5. The average Bonchev–Trinajstić information content (AvgIpc) is 1.96. The summed E-state index contributed by atoms with van der Waals surface area (Å²) in [7, 11) is 12.3. The second kappa shape index (κ2) is 10.6. The minimum atomic E-state index is 0.991. The van der Waals surface area contributed by atoms with Crippen LogP contribution in [-0.4, -0.2) is 10.5 Å². The lowest BCUT2D eigenvalue weighted by atomic mass is 11.0. The van der Waals surface area contributed by atoms with Crippen molar-refractivity contribution in [2.24, 2.45) is 0 Å². The van der Waals surface area contributed by atoms with Gasteiger partial charge in [-0.1, -0.05) is 23.0 Å². The molecule has 0 atom stereocenters. The van der Waals surface area contributed by atoms with Crippen molar-refractivity contribution < 1.29 is 0 Å². The Balaban J connectivity index is 2.85. The molecule has 0 aliphatic rings. The second-order valence-electron chi connectivity index (χ2n) is 1.08. The zero-order valence-corrected chi connectivity index (χ0v) is 12.3. The van der Waals surface area contributed by atoms with Crippen LogP contribution < -0.4 is 0 Å². The van der Waals surface area contributed by atoms with Gasteiger partial charge in [-0.3, -0.25) is 0 Å². The van der Waals surface area contributed by atoms with E-state index < -0.39 is 0 Å². The molecule has 0 heterocycles. The summed E-state index contributed by atoms with van der Waals surface area (Å²) in [5.74, 6) is 0. The van der Waals surface area contributed by atoms with Gasteiger partial charge in [0.1, 0.15) is 0 Å². The maximum absolute atomic E-state index is 4.90. The fourth-order valence-electron chi connectivity index (χ4n) is 0.124. The molecule has 0 saturated carbocycles. The predicted octanol–water partition coefficient (Wildman–Crippen LogP) is 5.59. The van der Waals surface area contributed by atoms with E-state index in [0.29, 0.717) is 0 Å². The van der Waals surface area contributed by atoms with E-state index in [0.717, 1.165) is 4.20 Å². The molecule has 0 unspecified atom stereocenters. The van der Waals surface area contributed by atoms with Crippen LogP contribution in [0.1, 0.15) is 6.92 Å². The van der Waals surface area contributed by atoms with Gasteiger partial charge in [0.15, 0.2) is 0 Å². The predicted molar refractivity (Wildman–Crippen MR) is 77.3 cm³/mol. The van der Waals surface area contributed by atoms with Gasteiger partial charge >= 0.3 is 0 Å². The van der Waals surface area contributed by atoms with E-state index in [2.05, 4.69) is 6.26 Å². The molecule has 0 aliphatic carbocycles. The summed E-state index contributed by atoms with van der Waals surface area (Å²) in [6, 6.07) is 0. The average molecular weight is 299 g/mol. The first-order valence-corrected chi connectivity index (χ1v) is 11.9. The van der Waals surface area contributed by atoms with Gasteiger partial charge in [0.05, 0.1) is 4.20 Å². The normalized spacial score (nSPS) is 10.0. The van der Waals surface area contributed by atoms with Crippen LogP contribution in [-0.2, 0) is 0 Å². The third-order valence-electron chi connectivity index (χ3n) is 0.331. The summed E-state index contributed by atoms with van der Waals surface area (Å²) >= 11 is 4.90. The van der Waals surface area contributed by atoms with Crippen molar-refractivity contribution in [2.75, 3.05) is 6.26 Å². The molecule has 0 aromatic rings. The molecule has 0 fully saturated rings. The van der Waals surface area contributed by atoms with E-state index in [1.807, 2.05) is 6.92 Å². The van der Waals surface area contributed by atoms with Crippen LogP contribution in [0.4, 0.5) is 0 Å². The molecule has 0 aromatic heterocycles. The van der Waals surface area contributed by atoms with Crippen LogP contribution in [0.5, 0.6) is 0 Å². The van der Waals surface area contributed by atoms with Gasteiger partial charge in [-0.2, -0.15) is 0 Å². The van der Waals surface area contributed by atoms with Crippen LogP contribution in [0, 0.1) is 0 Å². The molecule has 0 N–H and O–H groups in total. The van der Waals surface area contributed by atoms with Gasteiger partial charge in [-0.25, -0.2) is 0 Å². The summed E-state index contributed by atoms with van der Waals surface area (Å²) < 4.78 is 0.991. The highest BCUT2D eigenvalue weighted by Crippen LogP contribution is 2.54. The number of hydrogen-bond donors (Lipinski definition) is 0. The summed E-state index contributed by atoms with van der Waals surface area (Å²) in [6.07, 6.45) is 2.08. The smallest absolute Gasteiger partial charge is 0.0564 e. The van der Waals surface area contributed by atoms with Crippen LogP contribution in [0.25, 0.3) is 0 Å². The maximum atomic E-state index is 4.90. The topological polar surface area (TPSA) is 0 Å². The molecule has 8 heteroatoms. The largest absolute Gasteiger partial charge is 0.0851 e. The lowest BCUT2D eigenvalue weighted by Crippen LogP contribution is -1.64. The van der Waals surface area contributed by atoms with Crippen molar-refractivity contribution in [1.29, 1.82) is 0 Å². The van der Waals surface area contributed by atoms with E-state index in [1.165, 1.54) is 0 Å². The van der Waals surface area contributed by atoms with Crippen LogP contribution in [0.2, 0.25) is 0 Å². The van der Waals surface area contributed by atoms with Crippen LogP contribution in [0.3, 0.4) is 0 Å². The Morgan fingerprint density at radius 2 is 1.55 bits per heavy atom. The minimum Gasteiger partial charge on any atom is -0.0851 e. The Labute approximate surface area is 99.1 Å². The molecular formula is C3H6S8. The molecule has 0 spiro atoms. The van der Waals surface area contributed by atoms with Gasteiger partial charge in [0.2, 0.25) is 0 Å². The first-order valence-electron chi connectivity index (χ1n) is 2.32. The fraction of sp³-hybridized carbons (Fsp3) is 0.667. The second-order valence-corrected chi connectivity index (χ2v) is 13.4. The molecule has 0 bridgehead atoms. The molecule has 0 radical (unpaired) electrons. The molecular weight excluding hydrogens is 293 g/mol. The molecule has 0 nitrogen and oxygen atoms in total. The monoisotopic (exact) mass is 298 g/mol. The quantitative estimate of drug-likeness (QED) is 0.349. The number of rotatable bonds is 6. The molecule has 0 rings (SSSR count). The Bertz CT molecular complexity index is 102. The lowest BCUT2D eigenvalue weighted by molar-refractivity contribution is 2.12. The SMILES string of the molecule is CSSSSSSSC(C)=S. The lowest BCUT2D eigenvalue weighted by Gasteiger charge is -1.94. The summed E-state index contributed by atoms with van der Waals surface area (Å²) in [5, 5.41) is 0. The Morgan fingerprint density at radius 3 is 2.09 bits per heavy atom. The minimum absolute atomic E-state index is 0.991. The number of hydrogen-bond acceptors (Lipinski definition) is 8. The Hall–Kier alpha value is 2.54. The van der Waals surface area contributed by atoms with E-state index in [9.17, 15) is 0 Å². The van der Waals surface area contributed by atoms with Crippen LogP contribution in [0.15, 0.2) is 0 Å². The molecule has 11 heavy (non-hydrogen) atoms. The summed E-state index contributed by atoms with van der Waals surface area (Å²) in [4.78, 5) is 0. The summed E-state index contributed by atoms with van der Waals surface area (Å²) in [5.41, 5.74) is 0. The van der Waals surface area contributed by atoms with E-state index in [4.69, 9.17) is 12.2 Å². The molecule has 0 aromatic carbocycles. The van der Waals surface area contributed by atoms with Crippen molar-refractivity contribution in [2.45, 2.75) is 6.92 Å².